The summed E-state index contributed by atoms with van der Waals surface area (Å²) in [7, 11) is 0. The standard InChI is InChI=1S/C18H15N3O3S/c1-9-3-6-14(24-9)18-20-10(2)15(25-18)17(23)21-12-5-4-11-8-19-16(22)13(11)7-12/h3-7H,8H2,1-2H3,(H,19,22)(H,21,23). The van der Waals surface area contributed by atoms with Gasteiger partial charge >= 0.3 is 0 Å². The van der Waals surface area contributed by atoms with Gasteiger partial charge in [-0.25, -0.2) is 4.98 Å². The first-order chi connectivity index (χ1) is 12.0. The van der Waals surface area contributed by atoms with Gasteiger partial charge in [-0.15, -0.1) is 11.3 Å². The van der Waals surface area contributed by atoms with Crippen LogP contribution in [0.5, 0.6) is 0 Å². The second-order valence-electron chi connectivity index (χ2n) is 5.85. The molecule has 2 aromatic heterocycles. The second kappa shape index (κ2) is 5.86. The van der Waals surface area contributed by atoms with Crippen molar-refractivity contribution in [3.05, 3.63) is 57.8 Å². The topological polar surface area (TPSA) is 84.2 Å². The molecule has 126 valence electrons. The van der Waals surface area contributed by atoms with Crippen molar-refractivity contribution in [3.63, 3.8) is 0 Å². The molecule has 0 atom stereocenters. The third kappa shape index (κ3) is 2.83. The van der Waals surface area contributed by atoms with Gasteiger partial charge in [0.05, 0.1) is 5.69 Å². The number of fused-ring (bicyclic) bond motifs is 1. The molecule has 0 fully saturated rings. The van der Waals surface area contributed by atoms with Crippen LogP contribution in [0.15, 0.2) is 34.7 Å². The molecule has 0 bridgehead atoms. The molecule has 4 rings (SSSR count). The summed E-state index contributed by atoms with van der Waals surface area (Å²) < 4.78 is 5.57. The number of furan rings is 1. The Hall–Kier alpha value is -2.93. The first-order valence-electron chi connectivity index (χ1n) is 7.78. The summed E-state index contributed by atoms with van der Waals surface area (Å²) >= 11 is 1.28. The van der Waals surface area contributed by atoms with Crippen molar-refractivity contribution in [1.82, 2.24) is 10.3 Å². The summed E-state index contributed by atoms with van der Waals surface area (Å²) in [6, 6.07) is 9.04. The third-order valence-electron chi connectivity index (χ3n) is 4.01. The van der Waals surface area contributed by atoms with Crippen molar-refractivity contribution >= 4 is 28.8 Å². The van der Waals surface area contributed by atoms with Gasteiger partial charge in [-0.05, 0) is 43.7 Å². The smallest absolute Gasteiger partial charge is 0.267 e. The first kappa shape index (κ1) is 15.6. The van der Waals surface area contributed by atoms with Crippen LogP contribution < -0.4 is 10.6 Å². The maximum atomic E-state index is 12.6. The summed E-state index contributed by atoms with van der Waals surface area (Å²) in [5, 5.41) is 6.27. The molecule has 7 heteroatoms. The van der Waals surface area contributed by atoms with E-state index < -0.39 is 0 Å². The number of aryl methyl sites for hydroxylation is 2. The van der Waals surface area contributed by atoms with Crippen LogP contribution in [0.4, 0.5) is 5.69 Å². The van der Waals surface area contributed by atoms with Gasteiger partial charge in [0.15, 0.2) is 10.8 Å². The third-order valence-corrected chi connectivity index (χ3v) is 5.18. The van der Waals surface area contributed by atoms with Crippen LogP contribution in [0.1, 0.15) is 37.0 Å². The molecule has 0 saturated heterocycles. The Morgan fingerprint density at radius 1 is 1.28 bits per heavy atom. The van der Waals surface area contributed by atoms with Crippen molar-refractivity contribution in [2.45, 2.75) is 20.4 Å². The van der Waals surface area contributed by atoms with Crippen molar-refractivity contribution in [2.24, 2.45) is 0 Å². The highest BCUT2D eigenvalue weighted by Crippen LogP contribution is 2.30. The SMILES string of the molecule is Cc1ccc(-c2nc(C)c(C(=O)Nc3ccc4c(c3)C(=O)NC4)s2)o1. The summed E-state index contributed by atoms with van der Waals surface area (Å²) in [5.74, 6) is 1.09. The van der Waals surface area contributed by atoms with Crippen LogP contribution in [-0.2, 0) is 6.54 Å². The first-order valence-corrected chi connectivity index (χ1v) is 8.59. The number of carbonyl (C=O) groups is 2. The molecular weight excluding hydrogens is 338 g/mol. The second-order valence-corrected chi connectivity index (χ2v) is 6.85. The average Bonchev–Trinajstić information content (AvgIpc) is 3.27. The van der Waals surface area contributed by atoms with E-state index in [1.807, 2.05) is 25.1 Å². The minimum Gasteiger partial charge on any atom is -0.459 e. The minimum absolute atomic E-state index is 0.115. The van der Waals surface area contributed by atoms with E-state index in [2.05, 4.69) is 15.6 Å². The molecule has 1 aliphatic heterocycles. The van der Waals surface area contributed by atoms with Crippen molar-refractivity contribution in [1.29, 1.82) is 0 Å². The lowest BCUT2D eigenvalue weighted by molar-refractivity contribution is 0.0964. The number of amides is 2. The van der Waals surface area contributed by atoms with Crippen LogP contribution in [-0.4, -0.2) is 16.8 Å². The minimum atomic E-state index is -0.247. The number of carbonyl (C=O) groups excluding carboxylic acids is 2. The van der Waals surface area contributed by atoms with E-state index in [0.29, 0.717) is 39.1 Å². The van der Waals surface area contributed by atoms with E-state index in [4.69, 9.17) is 4.42 Å². The van der Waals surface area contributed by atoms with E-state index in [1.165, 1.54) is 11.3 Å². The highest BCUT2D eigenvalue weighted by atomic mass is 32.1. The molecule has 0 saturated carbocycles. The van der Waals surface area contributed by atoms with Gasteiger partial charge in [0, 0.05) is 17.8 Å². The van der Waals surface area contributed by atoms with Gasteiger partial charge < -0.3 is 15.1 Å². The van der Waals surface area contributed by atoms with Crippen LogP contribution in [0.2, 0.25) is 0 Å². The molecule has 2 amide bonds. The summed E-state index contributed by atoms with van der Waals surface area (Å²) in [5.41, 5.74) is 2.77. The molecule has 0 unspecified atom stereocenters. The average molecular weight is 353 g/mol. The van der Waals surface area contributed by atoms with Gasteiger partial charge in [-0.1, -0.05) is 6.07 Å². The fourth-order valence-electron chi connectivity index (χ4n) is 2.74. The zero-order valence-corrected chi connectivity index (χ0v) is 14.5. The largest absolute Gasteiger partial charge is 0.459 e. The zero-order chi connectivity index (χ0) is 17.6. The Kier molecular flexibility index (Phi) is 3.65. The lowest BCUT2D eigenvalue weighted by atomic mass is 10.1. The van der Waals surface area contributed by atoms with Crippen LogP contribution in [0, 0.1) is 13.8 Å². The molecule has 3 aromatic rings. The van der Waals surface area contributed by atoms with Crippen molar-refractivity contribution < 1.29 is 14.0 Å². The predicted octanol–water partition coefficient (Wildman–Crippen LogP) is 3.52. The Morgan fingerprint density at radius 2 is 2.12 bits per heavy atom. The molecule has 0 spiro atoms. The maximum Gasteiger partial charge on any atom is 0.267 e. The van der Waals surface area contributed by atoms with Gasteiger partial charge in [0.1, 0.15) is 10.6 Å². The van der Waals surface area contributed by atoms with E-state index in [0.717, 1.165) is 11.3 Å². The van der Waals surface area contributed by atoms with Crippen molar-refractivity contribution in [3.8, 4) is 10.8 Å². The normalized spacial score (nSPS) is 12.8. The fourth-order valence-corrected chi connectivity index (χ4v) is 3.66. The summed E-state index contributed by atoms with van der Waals surface area (Å²) in [6.45, 7) is 4.19. The lowest BCUT2D eigenvalue weighted by Crippen LogP contribution is -2.13. The maximum absolute atomic E-state index is 12.6. The molecule has 1 aliphatic rings. The molecule has 0 aliphatic carbocycles. The molecule has 1 aromatic carbocycles. The Morgan fingerprint density at radius 3 is 2.88 bits per heavy atom. The Bertz CT molecular complexity index is 1000. The number of aromatic nitrogens is 1. The molecular formula is C18H15N3O3S. The molecule has 0 radical (unpaired) electrons. The number of thiazole rings is 1. The Balaban J connectivity index is 1.59. The molecule has 6 nitrogen and oxygen atoms in total. The van der Waals surface area contributed by atoms with E-state index in [-0.39, 0.29) is 11.8 Å². The highest BCUT2D eigenvalue weighted by molar-refractivity contribution is 7.17. The fraction of sp³-hybridized carbons (Fsp3) is 0.167. The molecule has 2 N–H and O–H groups in total. The van der Waals surface area contributed by atoms with Crippen LogP contribution >= 0.6 is 11.3 Å². The van der Waals surface area contributed by atoms with Crippen molar-refractivity contribution in [2.75, 3.05) is 5.32 Å². The number of hydrogen-bond acceptors (Lipinski definition) is 5. The number of anilines is 1. The van der Waals surface area contributed by atoms with E-state index >= 15 is 0 Å². The number of nitrogens with one attached hydrogen (secondary N) is 2. The van der Waals surface area contributed by atoms with Crippen LogP contribution in [0.3, 0.4) is 0 Å². The number of rotatable bonds is 3. The van der Waals surface area contributed by atoms with Gasteiger partial charge in [-0.3, -0.25) is 9.59 Å². The van der Waals surface area contributed by atoms with Gasteiger partial charge in [0.2, 0.25) is 0 Å². The van der Waals surface area contributed by atoms with E-state index in [9.17, 15) is 9.59 Å². The quantitative estimate of drug-likeness (QED) is 0.754. The molecule has 3 heterocycles. The number of hydrogen-bond donors (Lipinski definition) is 2. The summed E-state index contributed by atoms with van der Waals surface area (Å²) in [6.07, 6.45) is 0. The number of nitrogens with zero attached hydrogens (tertiary/aromatic N) is 1. The Labute approximate surface area is 147 Å². The zero-order valence-electron chi connectivity index (χ0n) is 13.7. The highest BCUT2D eigenvalue weighted by Gasteiger charge is 2.21. The van der Waals surface area contributed by atoms with Gasteiger partial charge in [0.25, 0.3) is 11.8 Å². The van der Waals surface area contributed by atoms with E-state index in [1.54, 1.807) is 19.1 Å². The summed E-state index contributed by atoms with van der Waals surface area (Å²) in [4.78, 5) is 29.3. The number of benzene rings is 1. The predicted molar refractivity (Wildman–Crippen MR) is 94.9 cm³/mol. The monoisotopic (exact) mass is 353 g/mol. The lowest BCUT2D eigenvalue weighted by Gasteiger charge is -2.05. The van der Waals surface area contributed by atoms with Gasteiger partial charge in [-0.2, -0.15) is 0 Å². The molecule has 25 heavy (non-hydrogen) atoms. The van der Waals surface area contributed by atoms with Crippen LogP contribution in [0.25, 0.3) is 10.8 Å².